The highest BCUT2D eigenvalue weighted by molar-refractivity contribution is 7.99. The molecule has 0 heterocycles. The van der Waals surface area contributed by atoms with Crippen LogP contribution < -0.4 is 5.32 Å². The second kappa shape index (κ2) is 7.15. The molecule has 104 valence electrons. The fraction of sp³-hybridized carbons (Fsp3) is 0.176. The Labute approximate surface area is 123 Å². The zero-order valence-electron chi connectivity index (χ0n) is 11.5. The molecule has 3 heteroatoms. The number of thioether (sulfide) groups is 1. The van der Waals surface area contributed by atoms with Crippen molar-refractivity contribution in [3.63, 3.8) is 0 Å². The van der Waals surface area contributed by atoms with E-state index in [0.29, 0.717) is 12.1 Å². The van der Waals surface area contributed by atoms with Crippen molar-refractivity contribution in [2.75, 3.05) is 11.1 Å². The van der Waals surface area contributed by atoms with Crippen molar-refractivity contribution in [1.29, 1.82) is 0 Å². The molecule has 0 aromatic heterocycles. The van der Waals surface area contributed by atoms with Gasteiger partial charge in [0.25, 0.3) is 0 Å². The molecule has 2 rings (SSSR count). The first kappa shape index (κ1) is 14.7. The summed E-state index contributed by atoms with van der Waals surface area (Å²) >= 11 is 1.72. The highest BCUT2D eigenvalue weighted by Gasteiger charge is 2.05. The molecular weight excluding hydrogens is 269 g/mol. The third-order valence-electron chi connectivity index (χ3n) is 2.91. The van der Waals surface area contributed by atoms with Crippen LogP contribution in [0.4, 0.5) is 10.1 Å². The smallest absolute Gasteiger partial charge is 0.128 e. The molecule has 0 atom stereocenters. The first-order valence-electron chi connectivity index (χ1n) is 6.52. The summed E-state index contributed by atoms with van der Waals surface area (Å²) in [5, 5.41) is 3.31. The minimum Gasteiger partial charge on any atom is -0.380 e. The number of aryl methyl sites for hydroxylation is 1. The summed E-state index contributed by atoms with van der Waals surface area (Å²) in [4.78, 5) is 1.15. The van der Waals surface area contributed by atoms with Gasteiger partial charge in [0.15, 0.2) is 0 Å². The number of nitrogens with one attached hydrogen (secondary N) is 1. The predicted molar refractivity (Wildman–Crippen MR) is 85.8 cm³/mol. The van der Waals surface area contributed by atoms with Crippen LogP contribution in [-0.4, -0.2) is 5.75 Å². The average molecular weight is 287 g/mol. The quantitative estimate of drug-likeness (QED) is 0.591. The summed E-state index contributed by atoms with van der Waals surface area (Å²) in [6.45, 7) is 6.18. The molecule has 1 nitrogen and oxygen atoms in total. The second-order valence-electron chi connectivity index (χ2n) is 4.54. The Bertz CT molecular complexity index is 595. The van der Waals surface area contributed by atoms with Gasteiger partial charge < -0.3 is 5.32 Å². The van der Waals surface area contributed by atoms with E-state index in [-0.39, 0.29) is 5.82 Å². The molecule has 0 radical (unpaired) electrons. The van der Waals surface area contributed by atoms with Crippen molar-refractivity contribution in [2.45, 2.75) is 18.4 Å². The van der Waals surface area contributed by atoms with E-state index < -0.39 is 0 Å². The van der Waals surface area contributed by atoms with Gasteiger partial charge in [0.05, 0.1) is 0 Å². The maximum Gasteiger partial charge on any atom is 0.128 e. The fourth-order valence-electron chi connectivity index (χ4n) is 1.92. The Morgan fingerprint density at radius 1 is 1.25 bits per heavy atom. The van der Waals surface area contributed by atoms with E-state index in [1.165, 1.54) is 6.07 Å². The largest absolute Gasteiger partial charge is 0.380 e. The van der Waals surface area contributed by atoms with Crippen LogP contribution in [0.25, 0.3) is 0 Å². The molecule has 2 aromatic rings. The summed E-state index contributed by atoms with van der Waals surface area (Å²) in [5.41, 5.74) is 2.78. The lowest BCUT2D eigenvalue weighted by Gasteiger charge is -2.12. The summed E-state index contributed by atoms with van der Waals surface area (Å²) in [5.74, 6) is 0.691. The van der Waals surface area contributed by atoms with Gasteiger partial charge in [0.2, 0.25) is 0 Å². The van der Waals surface area contributed by atoms with Crippen molar-refractivity contribution in [2.24, 2.45) is 0 Å². The van der Waals surface area contributed by atoms with Crippen LogP contribution in [-0.2, 0) is 6.54 Å². The zero-order chi connectivity index (χ0) is 14.4. The van der Waals surface area contributed by atoms with Crippen LogP contribution in [0.2, 0.25) is 0 Å². The molecule has 0 spiro atoms. The Kier molecular flexibility index (Phi) is 5.24. The number of benzene rings is 2. The van der Waals surface area contributed by atoms with Crippen molar-refractivity contribution in [1.82, 2.24) is 0 Å². The van der Waals surface area contributed by atoms with Crippen LogP contribution in [0.5, 0.6) is 0 Å². The summed E-state index contributed by atoms with van der Waals surface area (Å²) in [6, 6.07) is 13.2. The van der Waals surface area contributed by atoms with E-state index in [1.54, 1.807) is 17.8 Å². The van der Waals surface area contributed by atoms with Gasteiger partial charge >= 0.3 is 0 Å². The van der Waals surface area contributed by atoms with E-state index >= 15 is 0 Å². The highest BCUT2D eigenvalue weighted by atomic mass is 32.2. The van der Waals surface area contributed by atoms with Crippen LogP contribution in [0.3, 0.4) is 0 Å². The van der Waals surface area contributed by atoms with Gasteiger partial charge in [0, 0.05) is 28.4 Å². The third kappa shape index (κ3) is 3.87. The van der Waals surface area contributed by atoms with Crippen LogP contribution in [0, 0.1) is 12.7 Å². The molecule has 2 aromatic carbocycles. The molecule has 0 aliphatic rings. The SMILES string of the molecule is C=CCSc1ccccc1NCc1cc(C)ccc1F. The minimum absolute atomic E-state index is 0.167. The van der Waals surface area contributed by atoms with Crippen molar-refractivity contribution in [3.05, 3.63) is 72.1 Å². The van der Waals surface area contributed by atoms with E-state index in [2.05, 4.69) is 18.0 Å². The van der Waals surface area contributed by atoms with E-state index in [9.17, 15) is 4.39 Å². The number of rotatable bonds is 6. The maximum atomic E-state index is 13.7. The van der Waals surface area contributed by atoms with Crippen molar-refractivity contribution >= 4 is 17.4 Å². The lowest BCUT2D eigenvalue weighted by atomic mass is 10.1. The van der Waals surface area contributed by atoms with Crippen LogP contribution in [0.15, 0.2) is 60.0 Å². The third-order valence-corrected chi connectivity index (χ3v) is 3.98. The van der Waals surface area contributed by atoms with Gasteiger partial charge in [-0.2, -0.15) is 0 Å². The monoisotopic (exact) mass is 287 g/mol. The molecule has 0 fully saturated rings. The molecule has 0 unspecified atom stereocenters. The van der Waals surface area contributed by atoms with Gasteiger partial charge in [-0.25, -0.2) is 4.39 Å². The van der Waals surface area contributed by atoms with Gasteiger partial charge in [-0.1, -0.05) is 35.9 Å². The molecule has 0 aliphatic carbocycles. The second-order valence-corrected chi connectivity index (χ2v) is 5.61. The van der Waals surface area contributed by atoms with Crippen molar-refractivity contribution < 1.29 is 4.39 Å². The van der Waals surface area contributed by atoms with E-state index in [4.69, 9.17) is 0 Å². The Morgan fingerprint density at radius 2 is 2.05 bits per heavy atom. The first-order chi connectivity index (χ1) is 9.70. The van der Waals surface area contributed by atoms with Crippen LogP contribution in [0.1, 0.15) is 11.1 Å². The van der Waals surface area contributed by atoms with E-state index in [0.717, 1.165) is 21.9 Å². The molecule has 0 amide bonds. The molecular formula is C17H18FNS. The standard InChI is InChI=1S/C17H18FNS/c1-3-10-20-17-7-5-4-6-16(17)19-12-14-11-13(2)8-9-15(14)18/h3-9,11,19H,1,10,12H2,2H3. The number of para-hydroxylation sites is 1. The lowest BCUT2D eigenvalue weighted by Crippen LogP contribution is -2.03. The molecule has 0 saturated carbocycles. The van der Waals surface area contributed by atoms with Gasteiger partial charge in [-0.15, -0.1) is 18.3 Å². The van der Waals surface area contributed by atoms with Gasteiger partial charge in [0.1, 0.15) is 5.82 Å². The molecule has 0 saturated heterocycles. The fourth-order valence-corrected chi connectivity index (χ4v) is 2.68. The summed E-state index contributed by atoms with van der Waals surface area (Å²) in [7, 11) is 0. The Balaban J connectivity index is 2.10. The predicted octanol–water partition coefficient (Wildman–Crippen LogP) is 5.02. The molecule has 0 aliphatic heterocycles. The first-order valence-corrected chi connectivity index (χ1v) is 7.51. The molecule has 20 heavy (non-hydrogen) atoms. The summed E-state index contributed by atoms with van der Waals surface area (Å²) < 4.78 is 13.7. The Hall–Kier alpha value is -1.74. The lowest BCUT2D eigenvalue weighted by molar-refractivity contribution is 0.612. The average Bonchev–Trinajstić information content (AvgIpc) is 2.47. The van der Waals surface area contributed by atoms with Crippen LogP contribution >= 0.6 is 11.8 Å². The van der Waals surface area contributed by atoms with Gasteiger partial charge in [-0.05, 0) is 25.1 Å². The number of hydrogen-bond acceptors (Lipinski definition) is 2. The molecule has 0 bridgehead atoms. The molecule has 1 N–H and O–H groups in total. The number of hydrogen-bond donors (Lipinski definition) is 1. The normalized spacial score (nSPS) is 10.3. The Morgan fingerprint density at radius 3 is 2.85 bits per heavy atom. The summed E-state index contributed by atoms with van der Waals surface area (Å²) in [6.07, 6.45) is 1.88. The number of anilines is 1. The van der Waals surface area contributed by atoms with Gasteiger partial charge in [-0.3, -0.25) is 0 Å². The van der Waals surface area contributed by atoms with E-state index in [1.807, 2.05) is 37.3 Å². The highest BCUT2D eigenvalue weighted by Crippen LogP contribution is 2.27. The number of halogens is 1. The zero-order valence-corrected chi connectivity index (χ0v) is 12.3. The topological polar surface area (TPSA) is 12.0 Å². The van der Waals surface area contributed by atoms with Crippen molar-refractivity contribution in [3.8, 4) is 0 Å². The minimum atomic E-state index is -0.167. The maximum absolute atomic E-state index is 13.7.